The fraction of sp³-hybridized carbons (Fsp3) is 0.111. The number of carbonyl (C=O) groups is 1. The number of hydrogen-bond acceptors (Lipinski definition) is 7. The number of hydrogen-bond donors (Lipinski definition) is 1. The molecule has 136 valence electrons. The Labute approximate surface area is 157 Å². The Balaban J connectivity index is 1.39. The maximum Gasteiger partial charge on any atom is 0.273 e. The summed E-state index contributed by atoms with van der Waals surface area (Å²) in [6, 6.07) is 11.9. The van der Waals surface area contributed by atoms with Crippen LogP contribution in [0.25, 0.3) is 22.1 Å². The highest BCUT2D eigenvalue weighted by Crippen LogP contribution is 2.21. The van der Waals surface area contributed by atoms with Gasteiger partial charge in [-0.3, -0.25) is 9.59 Å². The van der Waals surface area contributed by atoms with Crippen molar-refractivity contribution in [2.24, 2.45) is 0 Å². The van der Waals surface area contributed by atoms with Gasteiger partial charge in [0, 0.05) is 18.7 Å². The number of furan rings is 1. The number of carbonyl (C=O) groups excluding carboxylic acids is 1. The molecule has 4 aromatic heterocycles. The van der Waals surface area contributed by atoms with Crippen molar-refractivity contribution >= 4 is 17.2 Å². The lowest BCUT2D eigenvalue weighted by molar-refractivity contribution is 0.0942. The van der Waals surface area contributed by atoms with Crippen molar-refractivity contribution in [2.75, 3.05) is 6.54 Å². The Morgan fingerprint density at radius 3 is 2.89 bits per heavy atom. The maximum atomic E-state index is 12.2. The molecule has 27 heavy (non-hydrogen) atoms. The molecule has 0 bridgehead atoms. The number of nitrogens with zero attached hydrogens (tertiary/aromatic N) is 3. The SMILES string of the molecule is O=C(NCCn1nc(-c2cccs2)ccc1=O)c1cc(-c2ccco2)on1. The van der Waals surface area contributed by atoms with Gasteiger partial charge in [0.15, 0.2) is 11.5 Å². The molecule has 0 spiro atoms. The zero-order chi connectivity index (χ0) is 18.6. The molecule has 0 aromatic carbocycles. The lowest BCUT2D eigenvalue weighted by Crippen LogP contribution is -2.32. The monoisotopic (exact) mass is 382 g/mol. The van der Waals surface area contributed by atoms with Crippen LogP contribution in [0, 0.1) is 0 Å². The van der Waals surface area contributed by atoms with Gasteiger partial charge in [-0.2, -0.15) is 5.10 Å². The summed E-state index contributed by atoms with van der Waals surface area (Å²) in [5.41, 5.74) is 0.621. The van der Waals surface area contributed by atoms with Gasteiger partial charge in [-0.15, -0.1) is 11.3 Å². The van der Waals surface area contributed by atoms with Crippen LogP contribution in [0.4, 0.5) is 0 Å². The number of amides is 1. The van der Waals surface area contributed by atoms with Crippen molar-refractivity contribution in [1.29, 1.82) is 0 Å². The van der Waals surface area contributed by atoms with Gasteiger partial charge in [0.25, 0.3) is 11.5 Å². The summed E-state index contributed by atoms with van der Waals surface area (Å²) >= 11 is 1.54. The second-order valence-electron chi connectivity index (χ2n) is 5.57. The summed E-state index contributed by atoms with van der Waals surface area (Å²) in [5, 5.41) is 12.7. The van der Waals surface area contributed by atoms with Gasteiger partial charge < -0.3 is 14.3 Å². The Hall–Kier alpha value is -3.46. The first kappa shape index (κ1) is 17.0. The quantitative estimate of drug-likeness (QED) is 0.550. The van der Waals surface area contributed by atoms with Gasteiger partial charge in [-0.05, 0) is 29.6 Å². The zero-order valence-electron chi connectivity index (χ0n) is 14.0. The first-order valence-corrected chi connectivity index (χ1v) is 8.99. The van der Waals surface area contributed by atoms with E-state index in [9.17, 15) is 9.59 Å². The third kappa shape index (κ3) is 3.72. The van der Waals surface area contributed by atoms with Crippen molar-refractivity contribution in [3.05, 3.63) is 70.2 Å². The lowest BCUT2D eigenvalue weighted by Gasteiger charge is -2.06. The summed E-state index contributed by atoms with van der Waals surface area (Å²) in [6.07, 6.45) is 1.51. The van der Waals surface area contributed by atoms with E-state index in [0.717, 1.165) is 10.6 Å². The molecular formula is C18H14N4O4S. The molecule has 0 aliphatic rings. The number of aromatic nitrogens is 3. The molecule has 0 fully saturated rings. The van der Waals surface area contributed by atoms with Crippen molar-refractivity contribution in [3.63, 3.8) is 0 Å². The molecule has 4 rings (SSSR count). The first-order chi connectivity index (χ1) is 13.2. The van der Waals surface area contributed by atoms with Crippen molar-refractivity contribution in [2.45, 2.75) is 6.54 Å². The van der Waals surface area contributed by atoms with Gasteiger partial charge in [0.2, 0.25) is 5.76 Å². The van der Waals surface area contributed by atoms with Crippen LogP contribution in [-0.4, -0.2) is 27.4 Å². The number of rotatable bonds is 6. The molecule has 1 N–H and O–H groups in total. The summed E-state index contributed by atoms with van der Waals surface area (Å²) in [5.74, 6) is 0.452. The summed E-state index contributed by atoms with van der Waals surface area (Å²) in [6.45, 7) is 0.468. The highest BCUT2D eigenvalue weighted by molar-refractivity contribution is 7.13. The van der Waals surface area contributed by atoms with Crippen molar-refractivity contribution in [1.82, 2.24) is 20.3 Å². The lowest BCUT2D eigenvalue weighted by atomic mass is 10.3. The molecule has 1 amide bonds. The summed E-state index contributed by atoms with van der Waals surface area (Å²) in [4.78, 5) is 25.1. The van der Waals surface area contributed by atoms with Gasteiger partial charge in [0.1, 0.15) is 5.69 Å². The minimum atomic E-state index is -0.404. The first-order valence-electron chi connectivity index (χ1n) is 8.11. The van der Waals surface area contributed by atoms with Crippen molar-refractivity contribution < 1.29 is 13.7 Å². The molecule has 9 heteroatoms. The fourth-order valence-corrected chi connectivity index (χ4v) is 3.14. The average molecular weight is 382 g/mol. The van der Waals surface area contributed by atoms with E-state index in [0.29, 0.717) is 11.5 Å². The van der Waals surface area contributed by atoms with E-state index in [2.05, 4.69) is 15.6 Å². The van der Waals surface area contributed by atoms with Gasteiger partial charge in [-0.25, -0.2) is 4.68 Å². The average Bonchev–Trinajstić information content (AvgIpc) is 3.43. The van der Waals surface area contributed by atoms with E-state index >= 15 is 0 Å². The standard InChI is InChI=1S/C18H14N4O4S/c23-17-6-5-12(16-4-2-10-27-16)20-22(17)8-7-19-18(24)13-11-15(26-21-13)14-3-1-9-25-14/h1-6,9-11H,7-8H2,(H,19,24). The highest BCUT2D eigenvalue weighted by Gasteiger charge is 2.15. The smallest absolute Gasteiger partial charge is 0.273 e. The van der Waals surface area contributed by atoms with Crippen LogP contribution < -0.4 is 10.9 Å². The molecule has 0 aliphatic carbocycles. The Morgan fingerprint density at radius 1 is 1.19 bits per heavy atom. The predicted octanol–water partition coefficient (Wildman–Crippen LogP) is 2.65. The largest absolute Gasteiger partial charge is 0.461 e. The van der Waals surface area contributed by atoms with Crippen LogP contribution >= 0.6 is 11.3 Å². The predicted molar refractivity (Wildman–Crippen MR) is 98.3 cm³/mol. The van der Waals surface area contributed by atoms with E-state index in [1.54, 1.807) is 29.5 Å². The molecule has 0 atom stereocenters. The van der Waals surface area contributed by atoms with E-state index in [4.69, 9.17) is 8.94 Å². The molecule has 0 aliphatic heterocycles. The van der Waals surface area contributed by atoms with Crippen LogP contribution in [0.5, 0.6) is 0 Å². The van der Waals surface area contributed by atoms with Gasteiger partial charge in [0.05, 0.1) is 17.7 Å². The fourth-order valence-electron chi connectivity index (χ4n) is 2.45. The molecule has 4 aromatic rings. The molecular weight excluding hydrogens is 368 g/mol. The molecule has 0 unspecified atom stereocenters. The third-order valence-corrected chi connectivity index (χ3v) is 4.65. The molecule has 0 saturated heterocycles. The van der Waals surface area contributed by atoms with E-state index < -0.39 is 5.91 Å². The van der Waals surface area contributed by atoms with E-state index in [1.165, 1.54) is 23.1 Å². The van der Waals surface area contributed by atoms with Gasteiger partial charge >= 0.3 is 0 Å². The summed E-state index contributed by atoms with van der Waals surface area (Å²) in [7, 11) is 0. The van der Waals surface area contributed by atoms with Crippen LogP contribution in [0.2, 0.25) is 0 Å². The Kier molecular flexibility index (Phi) is 4.67. The normalized spacial score (nSPS) is 10.8. The van der Waals surface area contributed by atoms with Crippen LogP contribution in [0.3, 0.4) is 0 Å². The maximum absolute atomic E-state index is 12.2. The molecule has 4 heterocycles. The van der Waals surface area contributed by atoms with Crippen LogP contribution in [-0.2, 0) is 6.54 Å². The molecule has 0 radical (unpaired) electrons. The van der Waals surface area contributed by atoms with Crippen molar-refractivity contribution in [3.8, 4) is 22.1 Å². The number of thiophene rings is 1. The Morgan fingerprint density at radius 2 is 2.11 bits per heavy atom. The van der Waals surface area contributed by atoms with Gasteiger partial charge in [-0.1, -0.05) is 11.2 Å². The number of nitrogens with one attached hydrogen (secondary N) is 1. The Bertz CT molecular complexity index is 1100. The minimum Gasteiger partial charge on any atom is -0.461 e. The van der Waals surface area contributed by atoms with Crippen LogP contribution in [0.15, 0.2) is 67.8 Å². The minimum absolute atomic E-state index is 0.133. The second-order valence-corrected chi connectivity index (χ2v) is 6.51. The zero-order valence-corrected chi connectivity index (χ0v) is 14.8. The molecule has 8 nitrogen and oxygen atoms in total. The second kappa shape index (κ2) is 7.42. The van der Waals surface area contributed by atoms with E-state index in [-0.39, 0.29) is 24.3 Å². The topological polar surface area (TPSA) is 103 Å². The third-order valence-electron chi connectivity index (χ3n) is 3.76. The van der Waals surface area contributed by atoms with Crippen LogP contribution in [0.1, 0.15) is 10.5 Å². The molecule has 0 saturated carbocycles. The summed E-state index contributed by atoms with van der Waals surface area (Å²) < 4.78 is 11.6. The highest BCUT2D eigenvalue weighted by atomic mass is 32.1. The van der Waals surface area contributed by atoms with E-state index in [1.807, 2.05) is 17.5 Å².